The molecular formula is C22H28ClN3O3. The number of rotatable bonds is 9. The maximum absolute atomic E-state index is 12.5. The number of halogens is 1. The van der Waals surface area contributed by atoms with Crippen LogP contribution in [-0.2, 0) is 11.3 Å². The average molecular weight is 418 g/mol. The van der Waals surface area contributed by atoms with Crippen LogP contribution in [0.25, 0.3) is 0 Å². The lowest BCUT2D eigenvalue weighted by atomic mass is 10.1. The minimum absolute atomic E-state index is 0.0451. The van der Waals surface area contributed by atoms with Crippen LogP contribution in [0, 0.1) is 0 Å². The second-order valence-electron chi connectivity index (χ2n) is 6.73. The second-order valence-corrected chi connectivity index (χ2v) is 7.17. The summed E-state index contributed by atoms with van der Waals surface area (Å²) in [6.45, 7) is 5.87. The SMILES string of the molecule is CCN(CC)C(=O)c1cccc(NC(=O)CN(C)Cc2cc(Cl)ccc2OC)c1. The molecule has 0 aliphatic carbocycles. The third kappa shape index (κ3) is 6.48. The molecule has 0 fully saturated rings. The number of carbonyl (C=O) groups is 2. The monoisotopic (exact) mass is 417 g/mol. The molecule has 0 bridgehead atoms. The van der Waals surface area contributed by atoms with Crippen LogP contribution in [0.5, 0.6) is 5.75 Å². The Morgan fingerprint density at radius 1 is 1.10 bits per heavy atom. The third-order valence-corrected chi connectivity index (χ3v) is 4.78. The molecule has 0 aliphatic heterocycles. The van der Waals surface area contributed by atoms with Crippen molar-refractivity contribution in [3.63, 3.8) is 0 Å². The second kappa shape index (κ2) is 10.8. The fourth-order valence-corrected chi connectivity index (χ4v) is 3.28. The molecule has 0 saturated carbocycles. The lowest BCUT2D eigenvalue weighted by molar-refractivity contribution is -0.117. The first-order chi connectivity index (χ1) is 13.9. The summed E-state index contributed by atoms with van der Waals surface area (Å²) in [4.78, 5) is 28.6. The Morgan fingerprint density at radius 2 is 1.83 bits per heavy atom. The fraction of sp³-hybridized carbons (Fsp3) is 0.364. The molecule has 0 radical (unpaired) electrons. The summed E-state index contributed by atoms with van der Waals surface area (Å²) in [5.41, 5.74) is 2.06. The number of amides is 2. The Hall–Kier alpha value is -2.57. The van der Waals surface area contributed by atoms with E-state index in [9.17, 15) is 9.59 Å². The number of likely N-dealkylation sites (N-methyl/N-ethyl adjacent to an activating group) is 1. The molecule has 0 saturated heterocycles. The zero-order valence-electron chi connectivity index (χ0n) is 17.4. The van der Waals surface area contributed by atoms with Crippen molar-refractivity contribution in [2.75, 3.05) is 39.1 Å². The van der Waals surface area contributed by atoms with E-state index in [4.69, 9.17) is 16.3 Å². The highest BCUT2D eigenvalue weighted by molar-refractivity contribution is 6.30. The summed E-state index contributed by atoms with van der Waals surface area (Å²) < 4.78 is 5.35. The normalized spacial score (nSPS) is 10.7. The van der Waals surface area contributed by atoms with Crippen LogP contribution in [0.3, 0.4) is 0 Å². The molecule has 1 N–H and O–H groups in total. The topological polar surface area (TPSA) is 61.9 Å². The van der Waals surface area contributed by atoms with Crippen molar-refractivity contribution in [2.45, 2.75) is 20.4 Å². The van der Waals surface area contributed by atoms with E-state index in [2.05, 4.69) is 5.32 Å². The standard InChI is InChI=1S/C22H28ClN3O3/c1-5-26(6-2)22(28)16-8-7-9-19(13-16)24-21(27)15-25(3)14-17-12-18(23)10-11-20(17)29-4/h7-13H,5-6,14-15H2,1-4H3,(H,24,27). The molecule has 6 nitrogen and oxygen atoms in total. The van der Waals surface area contributed by atoms with Crippen molar-refractivity contribution in [1.82, 2.24) is 9.80 Å². The summed E-state index contributed by atoms with van der Waals surface area (Å²) in [5, 5.41) is 3.48. The van der Waals surface area contributed by atoms with E-state index in [-0.39, 0.29) is 18.4 Å². The van der Waals surface area contributed by atoms with E-state index in [1.165, 1.54) is 0 Å². The Labute approximate surface area is 177 Å². The van der Waals surface area contributed by atoms with Crippen molar-refractivity contribution in [3.05, 3.63) is 58.6 Å². The Kier molecular flexibility index (Phi) is 8.49. The Bertz CT molecular complexity index is 853. The zero-order valence-corrected chi connectivity index (χ0v) is 18.1. The molecule has 156 valence electrons. The number of anilines is 1. The highest BCUT2D eigenvalue weighted by Gasteiger charge is 2.14. The molecule has 0 unspecified atom stereocenters. The van der Waals surface area contributed by atoms with Crippen molar-refractivity contribution in [1.29, 1.82) is 0 Å². The molecule has 2 rings (SSSR count). The first-order valence-electron chi connectivity index (χ1n) is 9.58. The summed E-state index contributed by atoms with van der Waals surface area (Å²) in [5.74, 6) is 0.515. The van der Waals surface area contributed by atoms with Crippen molar-refractivity contribution >= 4 is 29.1 Å². The van der Waals surface area contributed by atoms with Crippen LogP contribution in [-0.4, -0.2) is 55.4 Å². The molecule has 0 atom stereocenters. The van der Waals surface area contributed by atoms with E-state index in [0.29, 0.717) is 35.9 Å². The minimum atomic E-state index is -0.166. The van der Waals surface area contributed by atoms with Gasteiger partial charge in [0.1, 0.15) is 5.75 Å². The predicted octanol–water partition coefficient (Wildman–Crippen LogP) is 3.90. The predicted molar refractivity (Wildman–Crippen MR) is 117 cm³/mol. The van der Waals surface area contributed by atoms with Gasteiger partial charge in [-0.1, -0.05) is 17.7 Å². The fourth-order valence-electron chi connectivity index (χ4n) is 3.09. The van der Waals surface area contributed by atoms with Gasteiger partial charge in [-0.05, 0) is 57.3 Å². The van der Waals surface area contributed by atoms with Crippen molar-refractivity contribution in [3.8, 4) is 5.75 Å². The first kappa shape index (κ1) is 22.7. The number of methoxy groups -OCH3 is 1. The number of ether oxygens (including phenoxy) is 1. The largest absolute Gasteiger partial charge is 0.496 e. The lowest BCUT2D eigenvalue weighted by Crippen LogP contribution is -2.31. The number of nitrogens with one attached hydrogen (secondary N) is 1. The molecular weight excluding hydrogens is 390 g/mol. The highest BCUT2D eigenvalue weighted by atomic mass is 35.5. The van der Waals surface area contributed by atoms with Gasteiger partial charge in [0.05, 0.1) is 13.7 Å². The molecule has 29 heavy (non-hydrogen) atoms. The third-order valence-electron chi connectivity index (χ3n) is 4.54. The molecule has 2 amide bonds. The van der Waals surface area contributed by atoms with E-state index in [1.807, 2.05) is 37.9 Å². The van der Waals surface area contributed by atoms with E-state index in [0.717, 1.165) is 11.3 Å². The van der Waals surface area contributed by atoms with E-state index >= 15 is 0 Å². The van der Waals surface area contributed by atoms with Gasteiger partial charge in [0.15, 0.2) is 0 Å². The Morgan fingerprint density at radius 3 is 2.48 bits per heavy atom. The molecule has 2 aromatic rings. The number of nitrogens with zero attached hydrogens (tertiary/aromatic N) is 2. The van der Waals surface area contributed by atoms with Crippen LogP contribution in [0.15, 0.2) is 42.5 Å². The summed E-state index contributed by atoms with van der Waals surface area (Å²) in [6.07, 6.45) is 0. The van der Waals surface area contributed by atoms with Gasteiger partial charge in [-0.25, -0.2) is 0 Å². The molecule has 0 aliphatic rings. The van der Waals surface area contributed by atoms with Crippen LogP contribution in [0.2, 0.25) is 5.02 Å². The van der Waals surface area contributed by atoms with Gasteiger partial charge in [-0.3, -0.25) is 14.5 Å². The zero-order chi connectivity index (χ0) is 21.4. The van der Waals surface area contributed by atoms with Gasteiger partial charge < -0.3 is 15.0 Å². The molecule has 0 aromatic heterocycles. The highest BCUT2D eigenvalue weighted by Crippen LogP contribution is 2.23. The van der Waals surface area contributed by atoms with Crippen LogP contribution in [0.4, 0.5) is 5.69 Å². The number of hydrogen-bond acceptors (Lipinski definition) is 4. The number of hydrogen-bond donors (Lipinski definition) is 1. The number of carbonyl (C=O) groups excluding carboxylic acids is 2. The first-order valence-corrected chi connectivity index (χ1v) is 9.95. The van der Waals surface area contributed by atoms with Crippen molar-refractivity contribution < 1.29 is 14.3 Å². The maximum atomic E-state index is 12.5. The minimum Gasteiger partial charge on any atom is -0.496 e. The molecule has 0 spiro atoms. The molecule has 0 heterocycles. The number of benzene rings is 2. The summed E-state index contributed by atoms with van der Waals surface area (Å²) >= 11 is 6.07. The van der Waals surface area contributed by atoms with Crippen LogP contribution < -0.4 is 10.1 Å². The van der Waals surface area contributed by atoms with Gasteiger partial charge in [-0.15, -0.1) is 0 Å². The lowest BCUT2D eigenvalue weighted by Gasteiger charge is -2.20. The molecule has 2 aromatic carbocycles. The Balaban J connectivity index is 1.99. The van der Waals surface area contributed by atoms with Gasteiger partial charge in [0.25, 0.3) is 5.91 Å². The van der Waals surface area contributed by atoms with Gasteiger partial charge in [0.2, 0.25) is 5.91 Å². The summed E-state index contributed by atoms with van der Waals surface area (Å²) in [6, 6.07) is 12.4. The average Bonchev–Trinajstić information content (AvgIpc) is 2.69. The quantitative estimate of drug-likeness (QED) is 0.672. The van der Waals surface area contributed by atoms with E-state index < -0.39 is 0 Å². The van der Waals surface area contributed by atoms with Gasteiger partial charge >= 0.3 is 0 Å². The maximum Gasteiger partial charge on any atom is 0.253 e. The molecule has 7 heteroatoms. The van der Waals surface area contributed by atoms with Gasteiger partial charge in [0, 0.05) is 41.5 Å². The van der Waals surface area contributed by atoms with Crippen molar-refractivity contribution in [2.24, 2.45) is 0 Å². The van der Waals surface area contributed by atoms with Gasteiger partial charge in [-0.2, -0.15) is 0 Å². The smallest absolute Gasteiger partial charge is 0.253 e. The van der Waals surface area contributed by atoms with Crippen LogP contribution >= 0.6 is 11.6 Å². The summed E-state index contributed by atoms with van der Waals surface area (Å²) in [7, 11) is 3.45. The van der Waals surface area contributed by atoms with Crippen LogP contribution in [0.1, 0.15) is 29.8 Å². The van der Waals surface area contributed by atoms with E-state index in [1.54, 1.807) is 42.3 Å².